The maximum absolute atomic E-state index is 12.0. The van der Waals surface area contributed by atoms with Crippen molar-refractivity contribution in [3.05, 3.63) is 17.9 Å². The van der Waals surface area contributed by atoms with E-state index in [4.69, 9.17) is 9.52 Å². The standard InChI is InChI=1S/C12H17NO5S/c1-8(2)12(5-6-12)7-13-19(16,17)10-4-3-9(18-10)11(14)15/h3-4,8,13H,5-7H2,1-2H3,(H,14,15). The highest BCUT2D eigenvalue weighted by Crippen LogP contribution is 2.51. The number of hydrogen-bond acceptors (Lipinski definition) is 4. The van der Waals surface area contributed by atoms with Crippen molar-refractivity contribution in [3.63, 3.8) is 0 Å². The van der Waals surface area contributed by atoms with Gasteiger partial charge in [-0.1, -0.05) is 13.8 Å². The summed E-state index contributed by atoms with van der Waals surface area (Å²) in [5.74, 6) is -1.27. The molecule has 1 aromatic rings. The summed E-state index contributed by atoms with van der Waals surface area (Å²) in [4.78, 5) is 10.6. The molecular weight excluding hydrogens is 270 g/mol. The number of nitrogens with one attached hydrogen (secondary N) is 1. The zero-order valence-electron chi connectivity index (χ0n) is 10.8. The number of furan rings is 1. The summed E-state index contributed by atoms with van der Waals surface area (Å²) in [5.41, 5.74) is 0.0370. The second kappa shape index (κ2) is 4.64. The first-order valence-corrected chi connectivity index (χ1v) is 7.58. The number of carboxylic acids is 1. The van der Waals surface area contributed by atoms with Crippen LogP contribution in [0.5, 0.6) is 0 Å². The van der Waals surface area contributed by atoms with Gasteiger partial charge in [0.2, 0.25) is 10.9 Å². The Morgan fingerprint density at radius 3 is 2.53 bits per heavy atom. The Balaban J connectivity index is 2.08. The molecule has 0 amide bonds. The van der Waals surface area contributed by atoms with Crippen molar-refractivity contribution in [2.75, 3.05) is 6.54 Å². The van der Waals surface area contributed by atoms with E-state index in [0.29, 0.717) is 12.5 Å². The molecule has 1 aliphatic rings. The lowest BCUT2D eigenvalue weighted by molar-refractivity contribution is 0.0656. The molecule has 19 heavy (non-hydrogen) atoms. The molecule has 1 saturated carbocycles. The molecule has 106 valence electrons. The molecule has 0 bridgehead atoms. The van der Waals surface area contributed by atoms with Crippen LogP contribution in [-0.2, 0) is 10.0 Å². The normalized spacial score (nSPS) is 17.6. The molecule has 0 atom stereocenters. The molecule has 2 N–H and O–H groups in total. The van der Waals surface area contributed by atoms with Gasteiger partial charge in [-0.3, -0.25) is 0 Å². The molecule has 0 saturated heterocycles. The van der Waals surface area contributed by atoms with Crippen molar-refractivity contribution in [3.8, 4) is 0 Å². The molecule has 2 rings (SSSR count). The van der Waals surface area contributed by atoms with Crippen LogP contribution in [0.25, 0.3) is 0 Å². The first-order valence-electron chi connectivity index (χ1n) is 6.10. The fourth-order valence-corrected chi connectivity index (χ4v) is 3.07. The van der Waals surface area contributed by atoms with Gasteiger partial charge in [0.1, 0.15) is 0 Å². The molecule has 1 aromatic heterocycles. The van der Waals surface area contributed by atoms with Crippen molar-refractivity contribution < 1.29 is 22.7 Å². The smallest absolute Gasteiger partial charge is 0.371 e. The molecule has 0 aliphatic heterocycles. The summed E-state index contributed by atoms with van der Waals surface area (Å²) in [5, 5.41) is 8.34. The Morgan fingerprint density at radius 2 is 2.11 bits per heavy atom. The van der Waals surface area contributed by atoms with Gasteiger partial charge in [-0.05, 0) is 36.3 Å². The minimum absolute atomic E-state index is 0.0370. The molecule has 1 fully saturated rings. The Bertz CT molecular complexity index is 583. The number of hydrogen-bond donors (Lipinski definition) is 2. The van der Waals surface area contributed by atoms with Crippen molar-refractivity contribution in [1.29, 1.82) is 0 Å². The monoisotopic (exact) mass is 287 g/mol. The van der Waals surface area contributed by atoms with Crippen LogP contribution in [0, 0.1) is 11.3 Å². The van der Waals surface area contributed by atoms with Gasteiger partial charge in [0.25, 0.3) is 10.0 Å². The molecule has 1 aliphatic carbocycles. The second-order valence-corrected chi connectivity index (χ2v) is 6.96. The Labute approximate surface area is 111 Å². The van der Waals surface area contributed by atoms with E-state index in [1.54, 1.807) is 0 Å². The van der Waals surface area contributed by atoms with E-state index in [9.17, 15) is 13.2 Å². The van der Waals surface area contributed by atoms with Gasteiger partial charge in [0, 0.05) is 6.54 Å². The first-order chi connectivity index (χ1) is 8.77. The zero-order chi connectivity index (χ0) is 14.3. The van der Waals surface area contributed by atoms with E-state index in [-0.39, 0.29) is 16.3 Å². The SMILES string of the molecule is CC(C)C1(CNS(=O)(=O)c2ccc(C(=O)O)o2)CC1. The molecule has 7 heteroatoms. The van der Waals surface area contributed by atoms with Crippen molar-refractivity contribution in [2.45, 2.75) is 31.8 Å². The molecular formula is C12H17NO5S. The van der Waals surface area contributed by atoms with Crippen molar-refractivity contribution in [1.82, 2.24) is 4.72 Å². The minimum Gasteiger partial charge on any atom is -0.475 e. The number of carbonyl (C=O) groups is 1. The van der Waals surface area contributed by atoms with Gasteiger partial charge in [0.05, 0.1) is 0 Å². The van der Waals surface area contributed by atoms with E-state index in [0.717, 1.165) is 25.0 Å². The van der Waals surface area contributed by atoms with Crippen LogP contribution < -0.4 is 4.72 Å². The molecule has 0 radical (unpaired) electrons. The van der Waals surface area contributed by atoms with Crippen molar-refractivity contribution >= 4 is 16.0 Å². The molecule has 0 aromatic carbocycles. The third-order valence-corrected chi connectivity index (χ3v) is 5.06. The summed E-state index contributed by atoms with van der Waals surface area (Å²) in [6.45, 7) is 4.49. The molecule has 0 unspecified atom stereocenters. The Kier molecular flexibility index (Phi) is 3.44. The minimum atomic E-state index is -3.78. The van der Waals surface area contributed by atoms with Gasteiger partial charge in [-0.15, -0.1) is 0 Å². The highest BCUT2D eigenvalue weighted by Gasteiger charge is 2.45. The Hall–Kier alpha value is -1.34. The maximum Gasteiger partial charge on any atom is 0.371 e. The zero-order valence-corrected chi connectivity index (χ0v) is 11.7. The lowest BCUT2D eigenvalue weighted by Crippen LogP contribution is -2.32. The van der Waals surface area contributed by atoms with Gasteiger partial charge >= 0.3 is 5.97 Å². The van der Waals surface area contributed by atoms with Gasteiger partial charge in [-0.2, -0.15) is 0 Å². The van der Waals surface area contributed by atoms with Crippen LogP contribution in [0.2, 0.25) is 0 Å². The number of aromatic carboxylic acids is 1. The van der Waals surface area contributed by atoms with Crippen molar-refractivity contribution in [2.24, 2.45) is 11.3 Å². The quantitative estimate of drug-likeness (QED) is 0.830. The second-order valence-electron chi connectivity index (χ2n) is 5.27. The van der Waals surface area contributed by atoms with Gasteiger partial charge in [-0.25, -0.2) is 17.9 Å². The van der Waals surface area contributed by atoms with E-state index in [2.05, 4.69) is 18.6 Å². The molecule has 0 spiro atoms. The lowest BCUT2D eigenvalue weighted by atomic mass is 9.93. The number of carboxylic acid groups (broad SMARTS) is 1. The maximum atomic E-state index is 12.0. The summed E-state index contributed by atoms with van der Waals surface area (Å²) < 4.78 is 31.2. The van der Waals surface area contributed by atoms with E-state index < -0.39 is 16.0 Å². The van der Waals surface area contributed by atoms with E-state index in [1.807, 2.05) is 0 Å². The van der Waals surface area contributed by atoms with Gasteiger partial charge in [0.15, 0.2) is 0 Å². The fraction of sp³-hybridized carbons (Fsp3) is 0.583. The summed E-state index contributed by atoms with van der Waals surface area (Å²) >= 11 is 0. The average molecular weight is 287 g/mol. The Morgan fingerprint density at radius 1 is 1.47 bits per heavy atom. The van der Waals surface area contributed by atoms with Crippen LogP contribution in [0.15, 0.2) is 21.6 Å². The van der Waals surface area contributed by atoms with E-state index in [1.165, 1.54) is 0 Å². The number of rotatable bonds is 6. The van der Waals surface area contributed by atoms with Crippen LogP contribution in [0.3, 0.4) is 0 Å². The lowest BCUT2D eigenvalue weighted by Gasteiger charge is -2.19. The third-order valence-electron chi connectivity index (χ3n) is 3.79. The summed E-state index contributed by atoms with van der Waals surface area (Å²) in [7, 11) is -3.78. The van der Waals surface area contributed by atoms with E-state index >= 15 is 0 Å². The summed E-state index contributed by atoms with van der Waals surface area (Å²) in [6.07, 6.45) is 2.01. The van der Waals surface area contributed by atoms with Crippen LogP contribution in [0.4, 0.5) is 0 Å². The predicted molar refractivity (Wildman–Crippen MR) is 67.4 cm³/mol. The number of sulfonamides is 1. The van der Waals surface area contributed by atoms with Gasteiger partial charge < -0.3 is 9.52 Å². The topological polar surface area (TPSA) is 96.6 Å². The molecule has 6 nitrogen and oxygen atoms in total. The summed E-state index contributed by atoms with van der Waals surface area (Å²) in [6, 6.07) is 2.28. The predicted octanol–water partition coefficient (Wildman–Crippen LogP) is 1.69. The first kappa shape index (κ1) is 14.1. The third kappa shape index (κ3) is 2.82. The molecule has 1 heterocycles. The highest BCUT2D eigenvalue weighted by atomic mass is 32.2. The fourth-order valence-electron chi connectivity index (χ4n) is 2.01. The largest absolute Gasteiger partial charge is 0.475 e. The van der Waals surface area contributed by atoms with Crippen LogP contribution in [-0.4, -0.2) is 26.0 Å². The van der Waals surface area contributed by atoms with Crippen LogP contribution >= 0.6 is 0 Å². The van der Waals surface area contributed by atoms with Crippen LogP contribution in [0.1, 0.15) is 37.2 Å². The average Bonchev–Trinajstić information content (AvgIpc) is 2.94. The highest BCUT2D eigenvalue weighted by molar-refractivity contribution is 7.89.